The molecular formula is C14H20BrN3. The molecule has 0 spiro atoms. The summed E-state index contributed by atoms with van der Waals surface area (Å²) in [6.45, 7) is 0.956. The van der Waals surface area contributed by atoms with Crippen LogP contribution in [0.3, 0.4) is 0 Å². The van der Waals surface area contributed by atoms with Crippen LogP contribution in [0.5, 0.6) is 0 Å². The first-order valence-electron chi connectivity index (χ1n) is 6.77. The van der Waals surface area contributed by atoms with Crippen molar-refractivity contribution in [2.24, 2.45) is 0 Å². The molecular weight excluding hydrogens is 290 g/mol. The van der Waals surface area contributed by atoms with Crippen LogP contribution in [0.4, 0.5) is 0 Å². The number of hydrogen-bond acceptors (Lipinski definition) is 3. The molecule has 18 heavy (non-hydrogen) atoms. The van der Waals surface area contributed by atoms with Crippen LogP contribution in [-0.2, 0) is 6.54 Å². The summed E-state index contributed by atoms with van der Waals surface area (Å²) in [5, 5.41) is 3.70. The summed E-state index contributed by atoms with van der Waals surface area (Å²) < 4.78 is 1.05. The molecule has 1 N–H and O–H groups in total. The summed E-state index contributed by atoms with van der Waals surface area (Å²) in [7, 11) is 2.24. The lowest BCUT2D eigenvalue weighted by atomic mass is 9.98. The highest BCUT2D eigenvalue weighted by Crippen LogP contribution is 2.29. The molecule has 0 amide bonds. The Hall–Kier alpha value is -0.450. The number of hydrogen-bond donors (Lipinski definition) is 1. The predicted molar refractivity (Wildman–Crippen MR) is 76.4 cm³/mol. The van der Waals surface area contributed by atoms with Gasteiger partial charge in [0, 0.05) is 35.3 Å². The van der Waals surface area contributed by atoms with Crippen LogP contribution in [0.1, 0.15) is 31.4 Å². The lowest BCUT2D eigenvalue weighted by Gasteiger charge is -2.35. The summed E-state index contributed by atoms with van der Waals surface area (Å²) in [5.74, 6) is 0. The van der Waals surface area contributed by atoms with Crippen LogP contribution >= 0.6 is 15.9 Å². The molecule has 3 heterocycles. The molecule has 0 radical (unpaired) electrons. The highest BCUT2D eigenvalue weighted by atomic mass is 79.9. The molecule has 0 aromatic carbocycles. The summed E-state index contributed by atoms with van der Waals surface area (Å²) in [4.78, 5) is 6.94. The number of piperidine rings is 1. The maximum absolute atomic E-state index is 4.46. The second kappa shape index (κ2) is 5.27. The van der Waals surface area contributed by atoms with Gasteiger partial charge < -0.3 is 5.32 Å². The van der Waals surface area contributed by atoms with Gasteiger partial charge in [0.2, 0.25) is 0 Å². The molecule has 4 heteroatoms. The number of nitrogens with one attached hydrogen (secondary N) is 1. The van der Waals surface area contributed by atoms with Crippen molar-refractivity contribution in [1.29, 1.82) is 0 Å². The molecule has 2 fully saturated rings. The van der Waals surface area contributed by atoms with Crippen molar-refractivity contribution in [2.75, 3.05) is 7.05 Å². The summed E-state index contributed by atoms with van der Waals surface area (Å²) in [6, 6.07) is 6.41. The number of pyridine rings is 1. The molecule has 1 aromatic rings. The first-order chi connectivity index (χ1) is 8.70. The SMILES string of the molecule is CN(Cc1ccc(Br)cn1)C1CC2CCC(C1)N2. The second-order valence-electron chi connectivity index (χ2n) is 5.65. The fourth-order valence-electron chi connectivity index (χ4n) is 3.27. The van der Waals surface area contributed by atoms with Crippen LogP contribution in [0, 0.1) is 0 Å². The van der Waals surface area contributed by atoms with E-state index >= 15 is 0 Å². The van der Waals surface area contributed by atoms with Gasteiger partial charge in [-0.25, -0.2) is 0 Å². The van der Waals surface area contributed by atoms with Gasteiger partial charge in [-0.15, -0.1) is 0 Å². The number of fused-ring (bicyclic) bond motifs is 2. The first kappa shape index (κ1) is 12.6. The van der Waals surface area contributed by atoms with Gasteiger partial charge in [-0.2, -0.15) is 0 Å². The minimum atomic E-state index is 0.717. The highest BCUT2D eigenvalue weighted by Gasteiger charge is 2.34. The van der Waals surface area contributed by atoms with Crippen molar-refractivity contribution in [3.8, 4) is 0 Å². The van der Waals surface area contributed by atoms with Gasteiger partial charge in [-0.1, -0.05) is 0 Å². The van der Waals surface area contributed by atoms with Crippen molar-refractivity contribution < 1.29 is 0 Å². The van der Waals surface area contributed by atoms with E-state index in [0.29, 0.717) is 6.04 Å². The maximum Gasteiger partial charge on any atom is 0.0544 e. The average molecular weight is 310 g/mol. The molecule has 2 unspecified atom stereocenters. The number of rotatable bonds is 3. The Morgan fingerprint density at radius 3 is 2.67 bits per heavy atom. The van der Waals surface area contributed by atoms with Gasteiger partial charge in [-0.05, 0) is 60.8 Å². The van der Waals surface area contributed by atoms with Gasteiger partial charge in [0.25, 0.3) is 0 Å². The van der Waals surface area contributed by atoms with E-state index in [0.717, 1.165) is 28.8 Å². The van der Waals surface area contributed by atoms with Crippen molar-refractivity contribution in [1.82, 2.24) is 15.2 Å². The van der Waals surface area contributed by atoms with Crippen LogP contribution in [0.2, 0.25) is 0 Å². The Morgan fingerprint density at radius 2 is 2.06 bits per heavy atom. The Bertz CT molecular complexity index is 394. The quantitative estimate of drug-likeness (QED) is 0.930. The predicted octanol–water partition coefficient (Wildman–Crippen LogP) is 2.56. The minimum absolute atomic E-state index is 0.717. The monoisotopic (exact) mass is 309 g/mol. The molecule has 2 atom stereocenters. The largest absolute Gasteiger partial charge is 0.311 e. The maximum atomic E-state index is 4.46. The van der Waals surface area contributed by atoms with Crippen LogP contribution in [-0.4, -0.2) is 35.1 Å². The van der Waals surface area contributed by atoms with E-state index in [9.17, 15) is 0 Å². The number of halogens is 1. The van der Waals surface area contributed by atoms with Crippen molar-refractivity contribution in [3.05, 3.63) is 28.5 Å². The zero-order chi connectivity index (χ0) is 12.5. The van der Waals surface area contributed by atoms with Gasteiger partial charge >= 0.3 is 0 Å². The van der Waals surface area contributed by atoms with Gasteiger partial charge in [0.15, 0.2) is 0 Å². The number of nitrogens with zero attached hydrogens (tertiary/aromatic N) is 2. The summed E-state index contributed by atoms with van der Waals surface area (Å²) in [6.07, 6.45) is 7.21. The summed E-state index contributed by atoms with van der Waals surface area (Å²) >= 11 is 3.43. The first-order valence-corrected chi connectivity index (χ1v) is 7.57. The van der Waals surface area contributed by atoms with E-state index in [1.165, 1.54) is 25.7 Å². The normalized spacial score (nSPS) is 30.9. The third-order valence-electron chi connectivity index (χ3n) is 4.27. The number of aromatic nitrogens is 1. The fourth-order valence-corrected chi connectivity index (χ4v) is 3.51. The van der Waals surface area contributed by atoms with E-state index in [1.54, 1.807) is 0 Å². The third-order valence-corrected chi connectivity index (χ3v) is 4.74. The molecule has 0 aliphatic carbocycles. The van der Waals surface area contributed by atoms with Crippen molar-refractivity contribution in [3.63, 3.8) is 0 Å². The van der Waals surface area contributed by atoms with E-state index in [2.05, 4.69) is 50.3 Å². The van der Waals surface area contributed by atoms with Gasteiger partial charge in [0.05, 0.1) is 5.69 Å². The Balaban J connectivity index is 1.61. The van der Waals surface area contributed by atoms with Crippen molar-refractivity contribution >= 4 is 15.9 Å². The minimum Gasteiger partial charge on any atom is -0.311 e. The van der Waals surface area contributed by atoms with E-state index in [1.807, 2.05) is 6.20 Å². The topological polar surface area (TPSA) is 28.2 Å². The Labute approximate surface area is 117 Å². The molecule has 98 valence electrons. The second-order valence-corrected chi connectivity index (χ2v) is 6.56. The Morgan fingerprint density at radius 1 is 1.33 bits per heavy atom. The standard InChI is InChI=1S/C14H20BrN3/c1-18(9-13-3-2-10(15)8-16-13)14-6-11-4-5-12(7-14)17-11/h2-3,8,11-12,14,17H,4-7,9H2,1H3. The molecule has 2 aliphatic rings. The molecule has 3 nitrogen and oxygen atoms in total. The molecule has 2 aliphatic heterocycles. The molecule has 1 aromatic heterocycles. The molecule has 2 bridgehead atoms. The van der Waals surface area contributed by atoms with Crippen LogP contribution < -0.4 is 5.32 Å². The third kappa shape index (κ3) is 2.76. The summed E-state index contributed by atoms with van der Waals surface area (Å²) in [5.41, 5.74) is 1.16. The highest BCUT2D eigenvalue weighted by molar-refractivity contribution is 9.10. The van der Waals surface area contributed by atoms with Crippen molar-refractivity contribution in [2.45, 2.75) is 50.4 Å². The van der Waals surface area contributed by atoms with Gasteiger partial charge in [0.1, 0.15) is 0 Å². The lowest BCUT2D eigenvalue weighted by molar-refractivity contribution is 0.164. The van der Waals surface area contributed by atoms with E-state index < -0.39 is 0 Å². The van der Waals surface area contributed by atoms with E-state index in [4.69, 9.17) is 0 Å². The lowest BCUT2D eigenvalue weighted by Crippen LogP contribution is -2.46. The molecule has 0 saturated carbocycles. The fraction of sp³-hybridized carbons (Fsp3) is 0.643. The zero-order valence-corrected chi connectivity index (χ0v) is 12.4. The molecule has 2 saturated heterocycles. The van der Waals surface area contributed by atoms with E-state index in [-0.39, 0.29) is 0 Å². The molecule has 3 rings (SSSR count). The Kier molecular flexibility index (Phi) is 3.68. The smallest absolute Gasteiger partial charge is 0.0544 e. The van der Waals surface area contributed by atoms with Gasteiger partial charge in [-0.3, -0.25) is 9.88 Å². The van der Waals surface area contributed by atoms with Crippen LogP contribution in [0.25, 0.3) is 0 Å². The van der Waals surface area contributed by atoms with Crippen LogP contribution in [0.15, 0.2) is 22.8 Å². The zero-order valence-electron chi connectivity index (χ0n) is 10.8. The average Bonchev–Trinajstić information content (AvgIpc) is 2.71.